The van der Waals surface area contributed by atoms with Crippen molar-refractivity contribution in [3.63, 3.8) is 0 Å². The largest absolute Gasteiger partial charge is 0.478 e. The predicted molar refractivity (Wildman–Crippen MR) is 96.8 cm³/mol. The number of aromatic carboxylic acids is 1. The Balaban J connectivity index is 2.87. The van der Waals surface area contributed by atoms with Crippen molar-refractivity contribution in [2.75, 3.05) is 13.2 Å². The van der Waals surface area contributed by atoms with E-state index in [0.29, 0.717) is 25.1 Å². The van der Waals surface area contributed by atoms with Crippen LogP contribution in [0.5, 0.6) is 0 Å². The minimum atomic E-state index is -0.921. The molecular weight excluding hydrogens is 304 g/mol. The SMILES string of the molecule is Cc1c(CCCO)c2cc(C(C)(C)C)cc(C(=O)O)c2n1CCN. The molecule has 0 unspecified atom stereocenters. The van der Waals surface area contributed by atoms with Gasteiger partial charge in [0.2, 0.25) is 0 Å². The number of rotatable bonds is 6. The van der Waals surface area contributed by atoms with E-state index >= 15 is 0 Å². The summed E-state index contributed by atoms with van der Waals surface area (Å²) < 4.78 is 2.01. The van der Waals surface area contributed by atoms with E-state index in [1.807, 2.05) is 11.5 Å². The molecule has 1 heterocycles. The van der Waals surface area contributed by atoms with Crippen molar-refractivity contribution >= 4 is 16.9 Å². The average Bonchev–Trinajstić information content (AvgIpc) is 2.76. The van der Waals surface area contributed by atoms with Crippen LogP contribution in [0.2, 0.25) is 0 Å². The Morgan fingerprint density at radius 2 is 1.96 bits per heavy atom. The summed E-state index contributed by atoms with van der Waals surface area (Å²) in [7, 11) is 0. The summed E-state index contributed by atoms with van der Waals surface area (Å²) in [6.45, 7) is 9.39. The predicted octanol–water partition coefficient (Wildman–Crippen LogP) is 2.83. The van der Waals surface area contributed by atoms with Crippen LogP contribution in [-0.4, -0.2) is 33.9 Å². The lowest BCUT2D eigenvalue weighted by Gasteiger charge is -2.20. The van der Waals surface area contributed by atoms with Gasteiger partial charge >= 0.3 is 5.97 Å². The van der Waals surface area contributed by atoms with Crippen molar-refractivity contribution in [3.05, 3.63) is 34.5 Å². The van der Waals surface area contributed by atoms with Gasteiger partial charge in [-0.25, -0.2) is 4.79 Å². The molecule has 0 spiro atoms. The molecule has 5 nitrogen and oxygen atoms in total. The van der Waals surface area contributed by atoms with Crippen LogP contribution in [0.4, 0.5) is 0 Å². The van der Waals surface area contributed by atoms with Gasteiger partial charge in [-0.1, -0.05) is 20.8 Å². The van der Waals surface area contributed by atoms with E-state index in [-0.39, 0.29) is 12.0 Å². The van der Waals surface area contributed by atoms with Gasteiger partial charge in [0.15, 0.2) is 0 Å². The van der Waals surface area contributed by atoms with Crippen molar-refractivity contribution < 1.29 is 15.0 Å². The monoisotopic (exact) mass is 332 g/mol. The second-order valence-corrected chi connectivity index (χ2v) is 7.31. The van der Waals surface area contributed by atoms with Gasteiger partial charge in [0.1, 0.15) is 0 Å². The molecule has 24 heavy (non-hydrogen) atoms. The number of hydrogen-bond donors (Lipinski definition) is 3. The standard InChI is InChI=1S/C19H28N2O3/c1-12-14(6-5-9-22)15-10-13(19(2,3)4)11-16(18(23)24)17(15)21(12)8-7-20/h10-11,22H,5-9,20H2,1-4H3,(H,23,24). The highest BCUT2D eigenvalue weighted by Crippen LogP contribution is 2.34. The zero-order valence-corrected chi connectivity index (χ0v) is 15.0. The Bertz CT molecular complexity index is 754. The maximum absolute atomic E-state index is 11.9. The molecule has 0 amide bonds. The molecule has 2 rings (SSSR count). The van der Waals surface area contributed by atoms with Crippen LogP contribution >= 0.6 is 0 Å². The Morgan fingerprint density at radius 3 is 2.46 bits per heavy atom. The number of fused-ring (bicyclic) bond motifs is 1. The fourth-order valence-electron chi connectivity index (χ4n) is 3.26. The molecule has 0 bridgehead atoms. The quantitative estimate of drug-likeness (QED) is 0.759. The summed E-state index contributed by atoms with van der Waals surface area (Å²) in [6, 6.07) is 3.89. The molecule has 2 aromatic rings. The molecule has 5 heteroatoms. The number of benzene rings is 1. The number of aryl methyl sites for hydroxylation is 1. The first kappa shape index (κ1) is 18.5. The minimum absolute atomic E-state index is 0.119. The second kappa shape index (κ2) is 6.95. The molecule has 0 saturated carbocycles. The summed E-state index contributed by atoms with van der Waals surface area (Å²) in [6.07, 6.45) is 1.38. The summed E-state index contributed by atoms with van der Waals surface area (Å²) in [4.78, 5) is 11.9. The first-order valence-corrected chi connectivity index (χ1v) is 8.42. The third kappa shape index (κ3) is 3.32. The van der Waals surface area contributed by atoms with Crippen LogP contribution in [0.25, 0.3) is 10.9 Å². The number of nitrogens with two attached hydrogens (primary N) is 1. The average molecular weight is 332 g/mol. The van der Waals surface area contributed by atoms with E-state index in [9.17, 15) is 15.0 Å². The minimum Gasteiger partial charge on any atom is -0.478 e. The maximum atomic E-state index is 11.9. The molecule has 4 N–H and O–H groups in total. The molecule has 0 saturated heterocycles. The van der Waals surface area contributed by atoms with Crippen LogP contribution in [0, 0.1) is 6.92 Å². The first-order valence-electron chi connectivity index (χ1n) is 8.42. The Morgan fingerprint density at radius 1 is 1.29 bits per heavy atom. The van der Waals surface area contributed by atoms with Gasteiger partial charge in [0, 0.05) is 30.8 Å². The molecule has 0 aliphatic carbocycles. The number of carbonyl (C=O) groups is 1. The zero-order chi connectivity index (χ0) is 18.1. The third-order valence-corrected chi connectivity index (χ3v) is 4.58. The van der Waals surface area contributed by atoms with E-state index in [0.717, 1.165) is 34.1 Å². The first-order chi connectivity index (χ1) is 11.2. The number of aliphatic hydroxyl groups excluding tert-OH is 1. The number of nitrogens with zero attached hydrogens (tertiary/aromatic N) is 1. The number of aliphatic hydroxyl groups is 1. The normalized spacial score (nSPS) is 12.1. The number of carboxylic acid groups (broad SMARTS) is 1. The summed E-state index contributed by atoms with van der Waals surface area (Å²) in [5.41, 5.74) is 9.82. The molecule has 0 aliphatic rings. The van der Waals surface area contributed by atoms with Crippen LogP contribution in [-0.2, 0) is 18.4 Å². The molecule has 0 aliphatic heterocycles. The second-order valence-electron chi connectivity index (χ2n) is 7.31. The van der Waals surface area contributed by atoms with Crippen LogP contribution < -0.4 is 5.73 Å². The van der Waals surface area contributed by atoms with Crippen molar-refractivity contribution in [1.29, 1.82) is 0 Å². The molecule has 1 aromatic heterocycles. The van der Waals surface area contributed by atoms with E-state index in [2.05, 4.69) is 26.8 Å². The lowest BCUT2D eigenvalue weighted by atomic mass is 9.84. The smallest absolute Gasteiger partial charge is 0.337 e. The Labute approximate surface area is 143 Å². The molecule has 1 aromatic carbocycles. The van der Waals surface area contributed by atoms with Gasteiger partial charge in [-0.3, -0.25) is 0 Å². The van der Waals surface area contributed by atoms with Gasteiger partial charge in [0.25, 0.3) is 0 Å². The van der Waals surface area contributed by atoms with E-state index in [1.54, 1.807) is 6.07 Å². The summed E-state index contributed by atoms with van der Waals surface area (Å²) in [5, 5.41) is 19.9. The summed E-state index contributed by atoms with van der Waals surface area (Å²) in [5.74, 6) is -0.921. The van der Waals surface area contributed by atoms with Crippen LogP contribution in [0.3, 0.4) is 0 Å². The highest BCUT2D eigenvalue weighted by Gasteiger charge is 2.24. The number of aromatic nitrogens is 1. The van der Waals surface area contributed by atoms with Crippen LogP contribution in [0.15, 0.2) is 12.1 Å². The maximum Gasteiger partial charge on any atom is 0.337 e. The van der Waals surface area contributed by atoms with Crippen molar-refractivity contribution in [2.24, 2.45) is 5.73 Å². The number of hydrogen-bond acceptors (Lipinski definition) is 3. The highest BCUT2D eigenvalue weighted by molar-refractivity contribution is 6.04. The highest BCUT2D eigenvalue weighted by atomic mass is 16.4. The molecule has 0 radical (unpaired) electrons. The van der Waals surface area contributed by atoms with Crippen molar-refractivity contribution in [2.45, 2.75) is 52.5 Å². The zero-order valence-electron chi connectivity index (χ0n) is 15.0. The van der Waals surface area contributed by atoms with Crippen molar-refractivity contribution in [3.8, 4) is 0 Å². The van der Waals surface area contributed by atoms with E-state index in [1.165, 1.54) is 0 Å². The fourth-order valence-corrected chi connectivity index (χ4v) is 3.26. The lowest BCUT2D eigenvalue weighted by Crippen LogP contribution is -2.15. The Hall–Kier alpha value is -1.85. The molecule has 0 fully saturated rings. The molecular formula is C19H28N2O3. The van der Waals surface area contributed by atoms with E-state index in [4.69, 9.17) is 5.73 Å². The van der Waals surface area contributed by atoms with Gasteiger partial charge in [0.05, 0.1) is 11.1 Å². The van der Waals surface area contributed by atoms with E-state index < -0.39 is 5.97 Å². The van der Waals surface area contributed by atoms with Gasteiger partial charge in [-0.2, -0.15) is 0 Å². The molecule has 132 valence electrons. The van der Waals surface area contributed by atoms with Gasteiger partial charge in [-0.05, 0) is 48.4 Å². The van der Waals surface area contributed by atoms with Crippen LogP contribution in [0.1, 0.15) is 54.4 Å². The Kier molecular flexibility index (Phi) is 5.35. The van der Waals surface area contributed by atoms with Crippen molar-refractivity contribution in [1.82, 2.24) is 4.57 Å². The third-order valence-electron chi connectivity index (χ3n) is 4.58. The van der Waals surface area contributed by atoms with Gasteiger partial charge in [-0.15, -0.1) is 0 Å². The summed E-state index contributed by atoms with van der Waals surface area (Å²) >= 11 is 0. The fraction of sp³-hybridized carbons (Fsp3) is 0.526. The number of carboxylic acids is 1. The van der Waals surface area contributed by atoms with Gasteiger partial charge < -0.3 is 20.5 Å². The lowest BCUT2D eigenvalue weighted by molar-refractivity contribution is 0.0698. The molecule has 0 atom stereocenters. The topological polar surface area (TPSA) is 88.5 Å².